The van der Waals surface area contributed by atoms with Gasteiger partial charge in [0.25, 0.3) is 0 Å². The van der Waals surface area contributed by atoms with Gasteiger partial charge in [0.15, 0.2) is 0 Å². The Kier molecular flexibility index (Phi) is 4.46. The van der Waals surface area contributed by atoms with Crippen molar-refractivity contribution in [2.24, 2.45) is 0 Å². The second-order valence-corrected chi connectivity index (χ2v) is 5.90. The van der Waals surface area contributed by atoms with Crippen LogP contribution in [0.15, 0.2) is 41.5 Å². The summed E-state index contributed by atoms with van der Waals surface area (Å²) in [6.45, 7) is 5.61. The van der Waals surface area contributed by atoms with Crippen LogP contribution in [0.4, 0.5) is 0 Å². The van der Waals surface area contributed by atoms with E-state index in [1.54, 1.807) is 18.8 Å². The molecule has 3 rings (SSSR count). The Bertz CT molecular complexity index is 803. The zero-order chi connectivity index (χ0) is 16.2. The van der Waals surface area contributed by atoms with Crippen LogP contribution in [0, 0.1) is 13.8 Å². The number of amides is 1. The number of benzene rings is 1. The topological polar surface area (TPSA) is 60.1 Å². The molecule has 0 fully saturated rings. The van der Waals surface area contributed by atoms with E-state index in [2.05, 4.69) is 23.3 Å². The van der Waals surface area contributed by atoms with Gasteiger partial charge >= 0.3 is 0 Å². The van der Waals surface area contributed by atoms with Gasteiger partial charge in [0.2, 0.25) is 5.91 Å². The summed E-state index contributed by atoms with van der Waals surface area (Å²) >= 11 is 0. The molecule has 0 aliphatic rings. The van der Waals surface area contributed by atoms with E-state index in [1.165, 1.54) is 5.56 Å². The Morgan fingerprint density at radius 3 is 3.00 bits per heavy atom. The lowest BCUT2D eigenvalue weighted by Gasteiger charge is -2.06. The fourth-order valence-electron chi connectivity index (χ4n) is 2.90. The monoisotopic (exact) mass is 311 g/mol. The summed E-state index contributed by atoms with van der Waals surface area (Å²) in [6, 6.07) is 4.12. The predicted molar refractivity (Wildman–Crippen MR) is 89.2 cm³/mol. The maximum atomic E-state index is 12.1. The van der Waals surface area contributed by atoms with Gasteiger partial charge in [-0.05, 0) is 37.5 Å². The van der Waals surface area contributed by atoms with Crippen LogP contribution in [0.1, 0.15) is 23.1 Å². The minimum absolute atomic E-state index is 0.0262. The molecule has 0 spiro atoms. The van der Waals surface area contributed by atoms with Gasteiger partial charge in [0.05, 0.1) is 19.0 Å². The van der Waals surface area contributed by atoms with Gasteiger partial charge in [0, 0.05) is 36.4 Å². The highest BCUT2D eigenvalue weighted by atomic mass is 16.3. The molecule has 3 aromatic rings. The van der Waals surface area contributed by atoms with E-state index in [4.69, 9.17) is 4.42 Å². The SMILES string of the molecule is Cc1cc(C)c2c(CC(=O)NCCCn3ccnc3)coc2c1. The van der Waals surface area contributed by atoms with Crippen LogP contribution in [-0.2, 0) is 17.8 Å². The molecule has 23 heavy (non-hydrogen) atoms. The number of furan rings is 1. The highest BCUT2D eigenvalue weighted by Gasteiger charge is 2.12. The number of rotatable bonds is 6. The van der Waals surface area contributed by atoms with Gasteiger partial charge in [-0.3, -0.25) is 4.79 Å². The minimum Gasteiger partial charge on any atom is -0.464 e. The Morgan fingerprint density at radius 2 is 2.22 bits per heavy atom. The zero-order valence-corrected chi connectivity index (χ0v) is 13.5. The number of aryl methyl sites for hydroxylation is 3. The molecule has 0 saturated heterocycles. The van der Waals surface area contributed by atoms with Crippen molar-refractivity contribution >= 4 is 16.9 Å². The fraction of sp³-hybridized carbons (Fsp3) is 0.333. The van der Waals surface area contributed by atoms with Gasteiger partial charge < -0.3 is 14.3 Å². The first kappa shape index (κ1) is 15.3. The van der Waals surface area contributed by atoms with Gasteiger partial charge in [-0.2, -0.15) is 0 Å². The maximum absolute atomic E-state index is 12.1. The second kappa shape index (κ2) is 6.69. The van der Waals surface area contributed by atoms with E-state index in [0.29, 0.717) is 13.0 Å². The number of nitrogens with zero attached hydrogens (tertiary/aromatic N) is 2. The molecular weight excluding hydrogens is 290 g/mol. The first-order valence-electron chi connectivity index (χ1n) is 7.83. The number of aromatic nitrogens is 2. The lowest BCUT2D eigenvalue weighted by atomic mass is 10.0. The lowest BCUT2D eigenvalue weighted by molar-refractivity contribution is -0.120. The first-order valence-corrected chi connectivity index (χ1v) is 7.83. The van der Waals surface area contributed by atoms with E-state index in [-0.39, 0.29) is 5.91 Å². The number of hydrogen-bond donors (Lipinski definition) is 1. The van der Waals surface area contributed by atoms with Crippen molar-refractivity contribution in [1.29, 1.82) is 0 Å². The van der Waals surface area contributed by atoms with Crippen molar-refractivity contribution in [2.75, 3.05) is 6.54 Å². The smallest absolute Gasteiger partial charge is 0.224 e. The standard InChI is InChI=1S/C18H21N3O2/c1-13-8-14(2)18-15(11-23-16(18)9-13)10-17(22)20-4-3-6-21-7-5-19-12-21/h5,7-9,11-12H,3-4,6,10H2,1-2H3,(H,20,22). The number of fused-ring (bicyclic) bond motifs is 1. The molecular formula is C18H21N3O2. The Balaban J connectivity index is 1.55. The Labute approximate surface area is 135 Å². The highest BCUT2D eigenvalue weighted by Crippen LogP contribution is 2.26. The van der Waals surface area contributed by atoms with Gasteiger partial charge in [-0.25, -0.2) is 4.98 Å². The molecule has 0 radical (unpaired) electrons. The van der Waals surface area contributed by atoms with E-state index in [9.17, 15) is 4.79 Å². The third-order valence-corrected chi connectivity index (χ3v) is 3.92. The third-order valence-electron chi connectivity index (χ3n) is 3.92. The van der Waals surface area contributed by atoms with Crippen LogP contribution in [0.2, 0.25) is 0 Å². The lowest BCUT2D eigenvalue weighted by Crippen LogP contribution is -2.26. The fourth-order valence-corrected chi connectivity index (χ4v) is 2.90. The number of carbonyl (C=O) groups is 1. The molecule has 2 aromatic heterocycles. The molecule has 0 unspecified atom stereocenters. The first-order chi connectivity index (χ1) is 11.1. The summed E-state index contributed by atoms with van der Waals surface area (Å²) in [5, 5.41) is 4.02. The van der Waals surface area contributed by atoms with Crippen LogP contribution in [-0.4, -0.2) is 22.0 Å². The van der Waals surface area contributed by atoms with Crippen LogP contribution in [0.3, 0.4) is 0 Å². The number of hydrogen-bond acceptors (Lipinski definition) is 3. The molecule has 1 N–H and O–H groups in total. The van der Waals surface area contributed by atoms with Gasteiger partial charge in [-0.15, -0.1) is 0 Å². The van der Waals surface area contributed by atoms with Crippen molar-refractivity contribution in [3.05, 3.63) is 53.8 Å². The van der Waals surface area contributed by atoms with Crippen molar-refractivity contribution in [3.8, 4) is 0 Å². The van der Waals surface area contributed by atoms with E-state index in [0.717, 1.165) is 35.1 Å². The molecule has 0 atom stereocenters. The van der Waals surface area contributed by atoms with Crippen LogP contribution in [0.25, 0.3) is 11.0 Å². The quantitative estimate of drug-likeness (QED) is 0.712. The summed E-state index contributed by atoms with van der Waals surface area (Å²) in [6.07, 6.45) is 8.39. The number of nitrogens with one attached hydrogen (secondary N) is 1. The minimum atomic E-state index is 0.0262. The molecule has 5 heteroatoms. The summed E-state index contributed by atoms with van der Waals surface area (Å²) in [4.78, 5) is 16.1. The molecule has 5 nitrogen and oxygen atoms in total. The number of carbonyl (C=O) groups excluding carboxylic acids is 1. The van der Waals surface area contributed by atoms with Crippen molar-refractivity contribution < 1.29 is 9.21 Å². The van der Waals surface area contributed by atoms with Crippen molar-refractivity contribution in [3.63, 3.8) is 0 Å². The zero-order valence-electron chi connectivity index (χ0n) is 13.5. The Morgan fingerprint density at radius 1 is 1.35 bits per heavy atom. The molecule has 120 valence electrons. The molecule has 0 aliphatic heterocycles. The van der Waals surface area contributed by atoms with Crippen LogP contribution < -0.4 is 5.32 Å². The number of imidazole rings is 1. The van der Waals surface area contributed by atoms with Gasteiger partial charge in [-0.1, -0.05) is 6.07 Å². The molecule has 0 saturated carbocycles. The molecule has 0 aliphatic carbocycles. The molecule has 2 heterocycles. The van der Waals surface area contributed by atoms with Crippen molar-refractivity contribution in [1.82, 2.24) is 14.9 Å². The predicted octanol–water partition coefficient (Wildman–Crippen LogP) is 3.00. The van der Waals surface area contributed by atoms with E-state index in [1.807, 2.05) is 23.8 Å². The molecule has 1 aromatic carbocycles. The van der Waals surface area contributed by atoms with E-state index >= 15 is 0 Å². The Hall–Kier alpha value is -2.56. The molecule has 0 bridgehead atoms. The van der Waals surface area contributed by atoms with E-state index < -0.39 is 0 Å². The highest BCUT2D eigenvalue weighted by molar-refractivity contribution is 5.90. The second-order valence-electron chi connectivity index (χ2n) is 5.90. The maximum Gasteiger partial charge on any atom is 0.224 e. The molecule has 1 amide bonds. The summed E-state index contributed by atoms with van der Waals surface area (Å²) in [5.41, 5.74) is 4.12. The van der Waals surface area contributed by atoms with Crippen LogP contribution >= 0.6 is 0 Å². The summed E-state index contributed by atoms with van der Waals surface area (Å²) < 4.78 is 7.60. The van der Waals surface area contributed by atoms with Crippen molar-refractivity contribution in [2.45, 2.75) is 33.2 Å². The summed E-state index contributed by atoms with van der Waals surface area (Å²) in [5.74, 6) is 0.0262. The van der Waals surface area contributed by atoms with Gasteiger partial charge in [0.1, 0.15) is 5.58 Å². The normalized spacial score (nSPS) is 11.0. The average molecular weight is 311 g/mol. The summed E-state index contributed by atoms with van der Waals surface area (Å²) in [7, 11) is 0. The van der Waals surface area contributed by atoms with Crippen LogP contribution in [0.5, 0.6) is 0 Å². The largest absolute Gasteiger partial charge is 0.464 e. The third kappa shape index (κ3) is 3.62. The average Bonchev–Trinajstić information content (AvgIpc) is 3.13.